The highest BCUT2D eigenvalue weighted by Gasteiger charge is 2.26. The van der Waals surface area contributed by atoms with E-state index in [4.69, 9.17) is 10.8 Å². The van der Waals surface area contributed by atoms with Crippen LogP contribution in [-0.4, -0.2) is 23.4 Å². The van der Waals surface area contributed by atoms with E-state index >= 15 is 0 Å². The molecule has 1 saturated carbocycles. The monoisotopic (exact) mass is 133 g/mol. The first-order valence-electron chi connectivity index (χ1n) is 3.28. The molecule has 0 bridgehead atoms. The van der Waals surface area contributed by atoms with Crippen molar-refractivity contribution in [1.29, 1.82) is 0 Å². The summed E-state index contributed by atoms with van der Waals surface area (Å²) >= 11 is 0. The van der Waals surface area contributed by atoms with Crippen molar-refractivity contribution in [2.24, 2.45) is 5.73 Å². The van der Waals surface area contributed by atoms with Crippen LogP contribution in [0.1, 0.15) is 19.3 Å². The first kappa shape index (κ1) is 6.96. The Balaban J connectivity index is 2.35. The number of hydrogen-bond acceptors (Lipinski definition) is 2. The molecule has 0 radical (unpaired) electrons. The van der Waals surface area contributed by atoms with E-state index in [2.05, 4.69) is 0 Å². The predicted molar refractivity (Wildman–Crippen MR) is 32.7 cm³/mol. The molecule has 9 heavy (non-hydrogen) atoms. The second-order valence-corrected chi connectivity index (χ2v) is 2.66. The predicted octanol–water partition coefficient (Wildman–Crippen LogP) is 0.197. The molecular weight excluding hydrogens is 121 g/mol. The summed E-state index contributed by atoms with van der Waals surface area (Å²) in [4.78, 5) is 0. The van der Waals surface area contributed by atoms with Crippen LogP contribution in [-0.2, 0) is 0 Å². The average Bonchev–Trinajstić information content (AvgIpc) is 1.80. The summed E-state index contributed by atoms with van der Waals surface area (Å²) in [5.41, 5.74) is 5.46. The van der Waals surface area contributed by atoms with E-state index in [0.717, 1.165) is 0 Å². The molecule has 1 aliphatic carbocycles. The summed E-state index contributed by atoms with van der Waals surface area (Å²) in [5, 5.41) is 8.89. The molecule has 0 aliphatic heterocycles. The Morgan fingerprint density at radius 2 is 2.11 bits per heavy atom. The lowest BCUT2D eigenvalue weighted by molar-refractivity contribution is 0.0371. The molecule has 0 spiro atoms. The molecule has 54 valence electrons. The van der Waals surface area contributed by atoms with Crippen molar-refractivity contribution >= 4 is 0 Å². The lowest BCUT2D eigenvalue weighted by Crippen LogP contribution is -2.37. The normalized spacial score (nSPS) is 45.0. The lowest BCUT2D eigenvalue weighted by atomic mass is 9.92. The SMILES string of the molecule is NC1CCC(F)C(O)C1. The van der Waals surface area contributed by atoms with Crippen LogP contribution in [0.5, 0.6) is 0 Å². The fourth-order valence-electron chi connectivity index (χ4n) is 1.14. The molecule has 1 rings (SSSR count). The van der Waals surface area contributed by atoms with Crippen LogP contribution in [0.3, 0.4) is 0 Å². The minimum Gasteiger partial charge on any atom is -0.390 e. The summed E-state index contributed by atoms with van der Waals surface area (Å²) < 4.78 is 12.4. The first-order chi connectivity index (χ1) is 4.20. The van der Waals surface area contributed by atoms with E-state index in [0.29, 0.717) is 19.3 Å². The molecular formula is C6H12FNO. The molecule has 3 atom stereocenters. The fourth-order valence-corrected chi connectivity index (χ4v) is 1.14. The fraction of sp³-hybridized carbons (Fsp3) is 1.00. The van der Waals surface area contributed by atoms with Gasteiger partial charge in [-0.15, -0.1) is 0 Å². The van der Waals surface area contributed by atoms with Crippen LogP contribution in [0.25, 0.3) is 0 Å². The number of alkyl halides is 1. The second-order valence-electron chi connectivity index (χ2n) is 2.66. The summed E-state index contributed by atoms with van der Waals surface area (Å²) in [6.07, 6.45) is -0.305. The third kappa shape index (κ3) is 1.63. The number of halogens is 1. The highest BCUT2D eigenvalue weighted by Crippen LogP contribution is 2.19. The van der Waals surface area contributed by atoms with Crippen LogP contribution in [0.15, 0.2) is 0 Å². The van der Waals surface area contributed by atoms with Gasteiger partial charge in [-0.05, 0) is 19.3 Å². The summed E-state index contributed by atoms with van der Waals surface area (Å²) in [6, 6.07) is 0.00648. The van der Waals surface area contributed by atoms with Gasteiger partial charge in [0.1, 0.15) is 6.17 Å². The van der Waals surface area contributed by atoms with Crippen LogP contribution in [0, 0.1) is 0 Å². The first-order valence-corrected chi connectivity index (χ1v) is 3.28. The van der Waals surface area contributed by atoms with Gasteiger partial charge in [-0.25, -0.2) is 4.39 Å². The summed E-state index contributed by atoms with van der Waals surface area (Å²) in [6.45, 7) is 0. The largest absolute Gasteiger partial charge is 0.390 e. The molecule has 3 heteroatoms. The minimum absolute atomic E-state index is 0.00648. The maximum absolute atomic E-state index is 12.4. The molecule has 1 fully saturated rings. The zero-order valence-electron chi connectivity index (χ0n) is 5.26. The number of aliphatic hydroxyl groups excluding tert-OH is 1. The Morgan fingerprint density at radius 3 is 2.56 bits per heavy atom. The number of rotatable bonds is 0. The van der Waals surface area contributed by atoms with Gasteiger partial charge in [0, 0.05) is 6.04 Å². The molecule has 0 amide bonds. The highest BCUT2D eigenvalue weighted by atomic mass is 19.1. The number of nitrogens with two attached hydrogens (primary N) is 1. The second kappa shape index (κ2) is 2.62. The molecule has 0 aromatic heterocycles. The van der Waals surface area contributed by atoms with E-state index in [1.807, 2.05) is 0 Å². The van der Waals surface area contributed by atoms with Crippen molar-refractivity contribution < 1.29 is 9.50 Å². The Hall–Kier alpha value is -0.150. The zero-order chi connectivity index (χ0) is 6.85. The topological polar surface area (TPSA) is 46.2 Å². The van der Waals surface area contributed by atoms with Gasteiger partial charge in [-0.2, -0.15) is 0 Å². The van der Waals surface area contributed by atoms with Crippen molar-refractivity contribution in [2.45, 2.75) is 37.6 Å². The third-order valence-electron chi connectivity index (χ3n) is 1.77. The van der Waals surface area contributed by atoms with E-state index in [9.17, 15) is 4.39 Å². The molecule has 0 aromatic carbocycles. The Bertz CT molecular complexity index is 99.1. The van der Waals surface area contributed by atoms with E-state index in [-0.39, 0.29) is 6.04 Å². The van der Waals surface area contributed by atoms with Gasteiger partial charge in [0.2, 0.25) is 0 Å². The molecule has 3 unspecified atom stereocenters. The van der Waals surface area contributed by atoms with E-state index in [1.165, 1.54) is 0 Å². The third-order valence-corrected chi connectivity index (χ3v) is 1.77. The number of aliphatic hydroxyl groups is 1. The van der Waals surface area contributed by atoms with Gasteiger partial charge in [0.25, 0.3) is 0 Å². The smallest absolute Gasteiger partial charge is 0.126 e. The standard InChI is InChI=1S/C6H12FNO/c7-5-2-1-4(8)3-6(5)9/h4-6,9H,1-3,8H2. The van der Waals surface area contributed by atoms with Crippen molar-refractivity contribution in [2.75, 3.05) is 0 Å². The van der Waals surface area contributed by atoms with Gasteiger partial charge in [-0.1, -0.05) is 0 Å². The summed E-state index contributed by atoms with van der Waals surface area (Å²) in [7, 11) is 0. The molecule has 0 saturated heterocycles. The van der Waals surface area contributed by atoms with Crippen LogP contribution < -0.4 is 5.73 Å². The van der Waals surface area contributed by atoms with Gasteiger partial charge in [0.15, 0.2) is 0 Å². The molecule has 0 heterocycles. The zero-order valence-corrected chi connectivity index (χ0v) is 5.26. The van der Waals surface area contributed by atoms with Crippen molar-refractivity contribution in [1.82, 2.24) is 0 Å². The van der Waals surface area contributed by atoms with Crippen molar-refractivity contribution in [3.63, 3.8) is 0 Å². The van der Waals surface area contributed by atoms with Gasteiger partial charge in [-0.3, -0.25) is 0 Å². The quantitative estimate of drug-likeness (QED) is 0.495. The Labute approximate surface area is 53.9 Å². The van der Waals surface area contributed by atoms with Gasteiger partial charge >= 0.3 is 0 Å². The Morgan fingerprint density at radius 1 is 1.44 bits per heavy atom. The molecule has 2 nitrogen and oxygen atoms in total. The maximum atomic E-state index is 12.4. The van der Waals surface area contributed by atoms with Crippen LogP contribution in [0.2, 0.25) is 0 Å². The average molecular weight is 133 g/mol. The van der Waals surface area contributed by atoms with Gasteiger partial charge in [0.05, 0.1) is 6.10 Å². The molecule has 1 aliphatic rings. The van der Waals surface area contributed by atoms with Crippen LogP contribution >= 0.6 is 0 Å². The summed E-state index contributed by atoms with van der Waals surface area (Å²) in [5.74, 6) is 0. The van der Waals surface area contributed by atoms with Crippen molar-refractivity contribution in [3.8, 4) is 0 Å². The lowest BCUT2D eigenvalue weighted by Gasteiger charge is -2.25. The highest BCUT2D eigenvalue weighted by molar-refractivity contribution is 4.80. The van der Waals surface area contributed by atoms with Gasteiger partial charge < -0.3 is 10.8 Å². The molecule has 3 N–H and O–H groups in total. The Kier molecular flexibility index (Phi) is 2.03. The minimum atomic E-state index is -1.04. The molecule has 0 aromatic rings. The van der Waals surface area contributed by atoms with Crippen molar-refractivity contribution in [3.05, 3.63) is 0 Å². The van der Waals surface area contributed by atoms with Crippen LogP contribution in [0.4, 0.5) is 4.39 Å². The van der Waals surface area contributed by atoms with E-state index < -0.39 is 12.3 Å². The maximum Gasteiger partial charge on any atom is 0.126 e. The number of hydrogen-bond donors (Lipinski definition) is 2. The van der Waals surface area contributed by atoms with E-state index in [1.54, 1.807) is 0 Å².